The van der Waals surface area contributed by atoms with Crippen LogP contribution in [0.15, 0.2) is 72.9 Å². The quantitative estimate of drug-likeness (QED) is 0.435. The van der Waals surface area contributed by atoms with Gasteiger partial charge in [-0.05, 0) is 36.2 Å². The lowest BCUT2D eigenvalue weighted by molar-refractivity contribution is 0.206. The molecule has 2 aromatic carbocycles. The Balaban J connectivity index is 1.72. The Labute approximate surface area is 179 Å². The largest absolute Gasteiger partial charge is 0.497 e. The van der Waals surface area contributed by atoms with Gasteiger partial charge in [-0.2, -0.15) is 0 Å². The van der Waals surface area contributed by atoms with E-state index in [4.69, 9.17) is 4.74 Å². The highest BCUT2D eigenvalue weighted by Gasteiger charge is 2.16. The van der Waals surface area contributed by atoms with Crippen LogP contribution >= 0.6 is 0 Å². The van der Waals surface area contributed by atoms with Gasteiger partial charge in [0.25, 0.3) is 0 Å². The minimum Gasteiger partial charge on any atom is -0.497 e. The second kappa shape index (κ2) is 11.1. The van der Waals surface area contributed by atoms with Crippen molar-refractivity contribution in [2.45, 2.75) is 39.3 Å². The van der Waals surface area contributed by atoms with Crippen molar-refractivity contribution in [3.8, 4) is 5.75 Å². The minimum atomic E-state index is -0.0909. The van der Waals surface area contributed by atoms with Gasteiger partial charge in [-0.25, -0.2) is 4.79 Å². The van der Waals surface area contributed by atoms with Crippen LogP contribution in [-0.4, -0.2) is 29.2 Å². The van der Waals surface area contributed by atoms with Crippen molar-refractivity contribution in [2.24, 2.45) is 0 Å². The van der Waals surface area contributed by atoms with E-state index in [1.165, 1.54) is 5.56 Å². The molecule has 158 valence electrons. The molecular weight excluding hydrogens is 374 g/mol. The van der Waals surface area contributed by atoms with Crippen LogP contribution in [0.1, 0.15) is 37.4 Å². The molecule has 2 amide bonds. The van der Waals surface area contributed by atoms with Gasteiger partial charge in [0.2, 0.25) is 0 Å². The number of hydrogen-bond donors (Lipinski definition) is 1. The molecule has 0 spiro atoms. The number of ether oxygens (including phenoxy) is 1. The number of hydrogen-bond acceptors (Lipinski definition) is 2. The van der Waals surface area contributed by atoms with Crippen LogP contribution in [-0.2, 0) is 13.1 Å². The number of carbonyl (C=O) groups excluding carboxylic acids is 1. The SMILES string of the molecule is CCCCCN(Cc1cccn1Cc1ccccc1)C(=O)Nc1cccc(OC)c1. The molecular formula is C25H31N3O2. The van der Waals surface area contributed by atoms with Crippen molar-refractivity contribution < 1.29 is 9.53 Å². The fraction of sp³-hybridized carbons (Fsp3) is 0.320. The van der Waals surface area contributed by atoms with Gasteiger partial charge in [0.1, 0.15) is 5.75 Å². The summed E-state index contributed by atoms with van der Waals surface area (Å²) >= 11 is 0. The standard InChI is InChI=1S/C25H31N3O2/c1-3-4-8-16-28(25(29)26-22-13-9-15-24(18-22)30-2)20-23-14-10-17-27(23)19-21-11-6-5-7-12-21/h5-7,9-15,17-18H,3-4,8,16,19-20H2,1-2H3,(H,26,29). The Kier molecular flexibility index (Phi) is 7.95. The highest BCUT2D eigenvalue weighted by Crippen LogP contribution is 2.18. The summed E-state index contributed by atoms with van der Waals surface area (Å²) < 4.78 is 7.47. The second-order valence-electron chi connectivity index (χ2n) is 7.40. The van der Waals surface area contributed by atoms with Crippen molar-refractivity contribution in [2.75, 3.05) is 19.0 Å². The summed E-state index contributed by atoms with van der Waals surface area (Å²) in [5.41, 5.74) is 3.10. The Hall–Kier alpha value is -3.21. The molecule has 30 heavy (non-hydrogen) atoms. The summed E-state index contributed by atoms with van der Waals surface area (Å²) in [5, 5.41) is 3.02. The molecule has 3 rings (SSSR count). The number of unbranched alkanes of at least 4 members (excludes halogenated alkanes) is 2. The lowest BCUT2D eigenvalue weighted by Crippen LogP contribution is -2.36. The summed E-state index contributed by atoms with van der Waals surface area (Å²) in [6.07, 6.45) is 5.29. The molecule has 5 nitrogen and oxygen atoms in total. The van der Waals surface area contributed by atoms with Gasteiger partial charge >= 0.3 is 6.03 Å². The number of carbonyl (C=O) groups is 1. The van der Waals surface area contributed by atoms with E-state index in [1.807, 2.05) is 41.3 Å². The number of methoxy groups -OCH3 is 1. The average molecular weight is 406 g/mol. The molecule has 1 aromatic heterocycles. The molecule has 0 fully saturated rings. The van der Waals surface area contributed by atoms with Gasteiger partial charge in [-0.15, -0.1) is 0 Å². The fourth-order valence-corrected chi connectivity index (χ4v) is 3.43. The van der Waals surface area contributed by atoms with E-state index >= 15 is 0 Å². The number of nitrogens with zero attached hydrogens (tertiary/aromatic N) is 2. The fourth-order valence-electron chi connectivity index (χ4n) is 3.43. The zero-order chi connectivity index (χ0) is 21.2. The molecule has 0 aliphatic carbocycles. The number of benzene rings is 2. The maximum absolute atomic E-state index is 13.1. The number of aromatic nitrogens is 1. The molecule has 0 bridgehead atoms. The first-order chi connectivity index (χ1) is 14.7. The topological polar surface area (TPSA) is 46.5 Å². The Morgan fingerprint density at radius 3 is 2.63 bits per heavy atom. The van der Waals surface area contributed by atoms with E-state index in [9.17, 15) is 4.79 Å². The smallest absolute Gasteiger partial charge is 0.322 e. The Bertz CT molecular complexity index is 921. The molecule has 0 radical (unpaired) electrons. The molecule has 1 N–H and O–H groups in total. The monoisotopic (exact) mass is 405 g/mol. The van der Waals surface area contributed by atoms with E-state index in [0.717, 1.165) is 49.5 Å². The Morgan fingerprint density at radius 2 is 1.87 bits per heavy atom. The van der Waals surface area contributed by atoms with Gasteiger partial charge in [-0.3, -0.25) is 0 Å². The van der Waals surface area contributed by atoms with Crippen molar-refractivity contribution >= 4 is 11.7 Å². The van der Waals surface area contributed by atoms with Crippen LogP contribution in [0.25, 0.3) is 0 Å². The van der Waals surface area contributed by atoms with E-state index in [-0.39, 0.29) is 6.03 Å². The normalized spacial score (nSPS) is 10.6. The predicted molar refractivity (Wildman–Crippen MR) is 122 cm³/mol. The molecule has 3 aromatic rings. The average Bonchev–Trinajstić information content (AvgIpc) is 3.20. The van der Waals surface area contributed by atoms with Gasteiger partial charge in [0, 0.05) is 36.7 Å². The minimum absolute atomic E-state index is 0.0909. The summed E-state index contributed by atoms with van der Waals surface area (Å²) in [5.74, 6) is 0.724. The van der Waals surface area contributed by atoms with Crippen LogP contribution in [0.2, 0.25) is 0 Å². The maximum atomic E-state index is 13.1. The number of urea groups is 1. The van der Waals surface area contributed by atoms with Gasteiger partial charge < -0.3 is 19.5 Å². The first kappa shape index (κ1) is 21.5. The Morgan fingerprint density at radius 1 is 1.03 bits per heavy atom. The van der Waals surface area contributed by atoms with Crippen LogP contribution in [0, 0.1) is 0 Å². The van der Waals surface area contributed by atoms with E-state index in [0.29, 0.717) is 6.54 Å². The zero-order valence-corrected chi connectivity index (χ0v) is 17.9. The molecule has 1 heterocycles. The summed E-state index contributed by atoms with van der Waals surface area (Å²) in [4.78, 5) is 15.0. The first-order valence-corrected chi connectivity index (χ1v) is 10.6. The van der Waals surface area contributed by atoms with Gasteiger partial charge in [-0.1, -0.05) is 56.2 Å². The van der Waals surface area contributed by atoms with Crippen molar-refractivity contribution in [1.29, 1.82) is 0 Å². The number of nitrogens with one attached hydrogen (secondary N) is 1. The molecule has 0 aliphatic heterocycles. The van der Waals surface area contributed by atoms with Crippen LogP contribution < -0.4 is 10.1 Å². The van der Waals surface area contributed by atoms with E-state index < -0.39 is 0 Å². The molecule has 0 saturated carbocycles. The summed E-state index contributed by atoms with van der Waals surface area (Å²) in [6, 6.07) is 21.9. The lowest BCUT2D eigenvalue weighted by atomic mass is 10.2. The summed E-state index contributed by atoms with van der Waals surface area (Å²) in [6.45, 7) is 4.26. The zero-order valence-electron chi connectivity index (χ0n) is 17.9. The van der Waals surface area contributed by atoms with E-state index in [2.05, 4.69) is 53.3 Å². The summed E-state index contributed by atoms with van der Waals surface area (Å²) in [7, 11) is 1.62. The van der Waals surface area contributed by atoms with E-state index in [1.54, 1.807) is 7.11 Å². The van der Waals surface area contributed by atoms with Crippen molar-refractivity contribution in [3.63, 3.8) is 0 Å². The molecule has 0 aliphatic rings. The predicted octanol–water partition coefficient (Wildman–Crippen LogP) is 5.77. The number of amides is 2. The third-order valence-corrected chi connectivity index (χ3v) is 5.11. The molecule has 0 atom stereocenters. The number of rotatable bonds is 10. The van der Waals surface area contributed by atoms with Crippen LogP contribution in [0.5, 0.6) is 5.75 Å². The van der Waals surface area contributed by atoms with Crippen molar-refractivity contribution in [1.82, 2.24) is 9.47 Å². The third kappa shape index (κ3) is 6.14. The highest BCUT2D eigenvalue weighted by molar-refractivity contribution is 5.89. The molecule has 0 saturated heterocycles. The lowest BCUT2D eigenvalue weighted by Gasteiger charge is -2.24. The third-order valence-electron chi connectivity index (χ3n) is 5.11. The molecule has 0 unspecified atom stereocenters. The van der Waals surface area contributed by atoms with Crippen LogP contribution in [0.4, 0.5) is 10.5 Å². The van der Waals surface area contributed by atoms with Crippen molar-refractivity contribution in [3.05, 3.63) is 84.2 Å². The van der Waals surface area contributed by atoms with Gasteiger partial charge in [0.05, 0.1) is 13.7 Å². The van der Waals surface area contributed by atoms with Crippen LogP contribution in [0.3, 0.4) is 0 Å². The first-order valence-electron chi connectivity index (χ1n) is 10.6. The number of anilines is 1. The highest BCUT2D eigenvalue weighted by atomic mass is 16.5. The van der Waals surface area contributed by atoms with Gasteiger partial charge in [0.15, 0.2) is 0 Å². The molecule has 5 heteroatoms. The second-order valence-corrected chi connectivity index (χ2v) is 7.40. The maximum Gasteiger partial charge on any atom is 0.322 e.